The van der Waals surface area contributed by atoms with Crippen LogP contribution in [-0.2, 0) is 26.0 Å². The summed E-state index contributed by atoms with van der Waals surface area (Å²) in [6.07, 6.45) is 1.10. The Morgan fingerprint density at radius 2 is 1.70 bits per heavy atom. The number of likely N-dealkylation sites (N-methyl/N-ethyl adjacent to an activating group) is 1. The number of methoxy groups -OCH3 is 1. The van der Waals surface area contributed by atoms with Gasteiger partial charge in [-0.15, -0.1) is 12.4 Å². The van der Waals surface area contributed by atoms with E-state index in [1.165, 1.54) is 29.2 Å². The number of hydrogen-bond donors (Lipinski definition) is 2. The van der Waals surface area contributed by atoms with Crippen molar-refractivity contribution in [3.8, 4) is 5.75 Å². The number of amides is 3. The van der Waals surface area contributed by atoms with Crippen LogP contribution in [0.25, 0.3) is 10.8 Å². The van der Waals surface area contributed by atoms with Crippen molar-refractivity contribution < 1.29 is 27.5 Å². The predicted octanol–water partition coefficient (Wildman–Crippen LogP) is 4.72. The number of hydrogen-bond acceptors (Lipinski definition) is 7. The summed E-state index contributed by atoms with van der Waals surface area (Å²) in [4.78, 5) is 44.7. The van der Waals surface area contributed by atoms with Gasteiger partial charge in [-0.1, -0.05) is 40.2 Å². The van der Waals surface area contributed by atoms with Gasteiger partial charge in [-0.2, -0.15) is 0 Å². The molecule has 0 saturated heterocycles. The van der Waals surface area contributed by atoms with Crippen molar-refractivity contribution in [2.24, 2.45) is 0 Å². The molecule has 13 heteroatoms. The molecule has 10 nitrogen and oxygen atoms in total. The molecule has 242 valence electrons. The number of ether oxygens (including phenoxy) is 1. The lowest BCUT2D eigenvalue weighted by Gasteiger charge is -2.27. The largest absolute Gasteiger partial charge is 0.496 e. The van der Waals surface area contributed by atoms with Crippen molar-refractivity contribution in [1.29, 1.82) is 0 Å². The van der Waals surface area contributed by atoms with E-state index >= 15 is 0 Å². The molecule has 0 aromatic heterocycles. The van der Waals surface area contributed by atoms with Gasteiger partial charge in [0.25, 0.3) is 11.8 Å². The summed E-state index contributed by atoms with van der Waals surface area (Å²) in [6.45, 7) is 1.62. The first-order valence-corrected chi connectivity index (χ1v) is 16.9. The highest BCUT2D eigenvalue weighted by molar-refractivity contribution is 9.10. The normalized spacial score (nSPS) is 15.4. The van der Waals surface area contributed by atoms with Gasteiger partial charge in [0.1, 0.15) is 11.8 Å². The highest BCUT2D eigenvalue weighted by Crippen LogP contribution is 2.38. The molecule has 1 heterocycles. The van der Waals surface area contributed by atoms with Gasteiger partial charge in [0.15, 0.2) is 9.84 Å². The van der Waals surface area contributed by atoms with E-state index in [0.717, 1.165) is 27.1 Å². The van der Waals surface area contributed by atoms with Crippen LogP contribution < -0.4 is 25.2 Å². The second-order valence-corrected chi connectivity index (χ2v) is 13.7. The van der Waals surface area contributed by atoms with E-state index < -0.39 is 39.6 Å². The van der Waals surface area contributed by atoms with Crippen LogP contribution in [0, 0.1) is 0 Å². The number of nitrogens with one attached hydrogen (secondary N) is 2. The fourth-order valence-electron chi connectivity index (χ4n) is 5.34. The van der Waals surface area contributed by atoms with Crippen LogP contribution in [-0.4, -0.2) is 65.2 Å². The van der Waals surface area contributed by atoms with Gasteiger partial charge in [-0.05, 0) is 79.3 Å². The second-order valence-electron chi connectivity index (χ2n) is 10.8. The van der Waals surface area contributed by atoms with Gasteiger partial charge in [-0.3, -0.25) is 14.4 Å². The number of anilines is 2. The molecule has 0 fully saturated rings. The number of sulfone groups is 1. The lowest BCUT2D eigenvalue weighted by molar-refractivity contribution is -0.128. The van der Waals surface area contributed by atoms with Crippen molar-refractivity contribution >= 4 is 78.0 Å². The maximum Gasteiger partial charge on any atom is 0.258 e. The van der Waals surface area contributed by atoms with Crippen LogP contribution in [0.5, 0.6) is 5.75 Å². The van der Waals surface area contributed by atoms with Crippen molar-refractivity contribution in [3.05, 3.63) is 94.5 Å². The minimum absolute atomic E-state index is 0. The quantitative estimate of drug-likeness (QED) is 0.269. The Kier molecular flexibility index (Phi) is 10.8. The Morgan fingerprint density at radius 3 is 2.33 bits per heavy atom. The first-order valence-electron chi connectivity index (χ1n) is 14.2. The molecule has 0 unspecified atom stereocenters. The van der Waals surface area contributed by atoms with Crippen LogP contribution in [0.15, 0.2) is 88.2 Å². The number of nitrogens with zero attached hydrogens (tertiary/aromatic N) is 2. The molecule has 5 rings (SSSR count). The lowest BCUT2D eigenvalue weighted by Crippen LogP contribution is -2.55. The molecule has 0 aliphatic carbocycles. The molecule has 3 amide bonds. The van der Waals surface area contributed by atoms with E-state index in [4.69, 9.17) is 4.74 Å². The molecule has 0 radical (unpaired) electrons. The summed E-state index contributed by atoms with van der Waals surface area (Å²) in [6, 6.07) is 20.6. The molecule has 0 spiro atoms. The van der Waals surface area contributed by atoms with E-state index in [-0.39, 0.29) is 36.0 Å². The topological polar surface area (TPSA) is 125 Å². The Morgan fingerprint density at radius 1 is 1.02 bits per heavy atom. The summed E-state index contributed by atoms with van der Waals surface area (Å²) in [5.74, 6) is -0.675. The molecule has 4 aromatic rings. The van der Waals surface area contributed by atoms with Crippen molar-refractivity contribution in [3.63, 3.8) is 0 Å². The smallest absolute Gasteiger partial charge is 0.258 e. The van der Waals surface area contributed by atoms with E-state index in [2.05, 4.69) is 26.6 Å². The zero-order chi connectivity index (χ0) is 32.5. The van der Waals surface area contributed by atoms with E-state index in [1.807, 2.05) is 30.3 Å². The zero-order valence-electron chi connectivity index (χ0n) is 25.6. The Hall–Kier alpha value is -3.97. The first kappa shape index (κ1) is 34.9. The average Bonchev–Trinajstić information content (AvgIpc) is 3.14. The van der Waals surface area contributed by atoms with E-state index in [9.17, 15) is 22.8 Å². The van der Waals surface area contributed by atoms with Crippen LogP contribution in [0.4, 0.5) is 11.4 Å². The third-order valence-electron chi connectivity index (χ3n) is 7.90. The van der Waals surface area contributed by atoms with Crippen LogP contribution in [0.3, 0.4) is 0 Å². The van der Waals surface area contributed by atoms with Crippen molar-refractivity contribution in [2.45, 2.75) is 30.4 Å². The number of rotatable bonds is 8. The van der Waals surface area contributed by atoms with Crippen molar-refractivity contribution in [1.82, 2.24) is 10.6 Å². The fourth-order valence-corrected chi connectivity index (χ4v) is 6.34. The third kappa shape index (κ3) is 7.05. The van der Waals surface area contributed by atoms with Crippen LogP contribution in [0.2, 0.25) is 0 Å². The molecule has 46 heavy (non-hydrogen) atoms. The summed E-state index contributed by atoms with van der Waals surface area (Å²) in [5, 5.41) is 7.56. The molecule has 4 aromatic carbocycles. The highest BCUT2D eigenvalue weighted by Gasteiger charge is 2.38. The maximum absolute atomic E-state index is 14.4. The number of para-hydroxylation sites is 2. The minimum atomic E-state index is -3.47. The highest BCUT2D eigenvalue weighted by atomic mass is 79.9. The number of fused-ring (bicyclic) bond motifs is 2. The van der Waals surface area contributed by atoms with E-state index in [1.54, 1.807) is 50.2 Å². The molecule has 0 bridgehead atoms. The SMILES string of the molecule is CN[C@@H](C)C(=O)N[C@H]1CN(C(=O)c2ccc(S(C)(=O)=O)cc2)c2ccccc2N(Cc2c(OC)ccc3cc(Br)ccc23)C1=O.Cl. The van der Waals surface area contributed by atoms with Crippen LogP contribution in [0.1, 0.15) is 22.8 Å². The van der Waals surface area contributed by atoms with Gasteiger partial charge < -0.3 is 25.2 Å². The number of carbonyl (C=O) groups is 3. The molecular formula is C33H34BrClN4O6S. The second kappa shape index (κ2) is 14.2. The molecule has 0 saturated carbocycles. The summed E-state index contributed by atoms with van der Waals surface area (Å²) >= 11 is 3.53. The van der Waals surface area contributed by atoms with Crippen molar-refractivity contribution in [2.75, 3.05) is 36.8 Å². The Labute approximate surface area is 282 Å². The summed E-state index contributed by atoms with van der Waals surface area (Å²) in [7, 11) is -0.258. The van der Waals surface area contributed by atoms with Gasteiger partial charge in [0.05, 0.1) is 42.5 Å². The maximum atomic E-state index is 14.4. The molecule has 2 N–H and O–H groups in total. The van der Waals surface area contributed by atoms with Gasteiger partial charge in [0.2, 0.25) is 5.91 Å². The lowest BCUT2D eigenvalue weighted by atomic mass is 10.0. The van der Waals surface area contributed by atoms with Gasteiger partial charge in [-0.25, -0.2) is 8.42 Å². The zero-order valence-corrected chi connectivity index (χ0v) is 28.8. The Balaban J connectivity index is 0.00000480. The molecular weight excluding hydrogens is 696 g/mol. The van der Waals surface area contributed by atoms with Gasteiger partial charge >= 0.3 is 0 Å². The number of benzene rings is 4. The third-order valence-corrected chi connectivity index (χ3v) is 9.52. The molecule has 2 atom stereocenters. The number of halogens is 2. The summed E-state index contributed by atoms with van der Waals surface area (Å²) < 4.78 is 30.7. The van der Waals surface area contributed by atoms with E-state index in [0.29, 0.717) is 17.1 Å². The molecule has 1 aliphatic heterocycles. The average molecular weight is 730 g/mol. The minimum Gasteiger partial charge on any atom is -0.496 e. The number of carbonyl (C=O) groups excluding carboxylic acids is 3. The summed E-state index contributed by atoms with van der Waals surface area (Å²) in [5.41, 5.74) is 1.92. The fraction of sp³-hybridized carbons (Fsp3) is 0.242. The standard InChI is InChI=1S/C33H33BrN4O6S.ClH/c1-20(35-2)31(39)36-27-19-38(32(40)21-9-13-24(14-10-21)45(4,42)43)29-8-6-5-7-28(29)37(33(27)41)18-26-25-15-12-23(34)17-22(25)11-16-30(26)44-3;/h5-17,20,27,35H,18-19H2,1-4H3,(H,36,39);1H/t20-,27-;/m0./s1. The van der Waals surface area contributed by atoms with Crippen LogP contribution >= 0.6 is 28.3 Å². The van der Waals surface area contributed by atoms with Gasteiger partial charge in [0, 0.05) is 21.9 Å². The predicted molar refractivity (Wildman–Crippen MR) is 185 cm³/mol. The first-order chi connectivity index (χ1) is 21.4. The Bertz CT molecular complexity index is 1900. The molecule has 1 aliphatic rings. The monoisotopic (exact) mass is 728 g/mol.